The minimum absolute atomic E-state index is 0.741. The molecule has 0 unspecified atom stereocenters. The molecule has 7 heteroatoms. The van der Waals surface area contributed by atoms with Gasteiger partial charge < -0.3 is 9.64 Å². The van der Waals surface area contributed by atoms with Crippen molar-refractivity contribution < 1.29 is 4.74 Å². The molecular formula is C19H20ClN3OS2. The van der Waals surface area contributed by atoms with Crippen LogP contribution in [0.3, 0.4) is 0 Å². The van der Waals surface area contributed by atoms with E-state index in [0.29, 0.717) is 0 Å². The van der Waals surface area contributed by atoms with E-state index in [1.165, 1.54) is 20.7 Å². The molecule has 0 radical (unpaired) electrons. The molecule has 1 saturated heterocycles. The highest BCUT2D eigenvalue weighted by Gasteiger charge is 2.21. The molecule has 1 aliphatic heterocycles. The average Bonchev–Trinajstić information content (AvgIpc) is 2.95. The maximum Gasteiger partial charge on any atom is 0.142 e. The SMILES string of the molecule is Cc1sc2nc(CSc3ccc(Cl)cc3)nc(N3CCOCC3)c2c1C. The van der Waals surface area contributed by atoms with Crippen LogP contribution in [0.2, 0.25) is 5.02 Å². The Kier molecular flexibility index (Phi) is 5.36. The maximum atomic E-state index is 5.97. The molecular weight excluding hydrogens is 386 g/mol. The van der Waals surface area contributed by atoms with E-state index in [1.54, 1.807) is 23.1 Å². The van der Waals surface area contributed by atoms with Gasteiger partial charge >= 0.3 is 0 Å². The van der Waals surface area contributed by atoms with Crippen LogP contribution in [0.25, 0.3) is 10.2 Å². The van der Waals surface area contributed by atoms with Crippen LogP contribution in [-0.4, -0.2) is 36.3 Å². The fourth-order valence-corrected chi connectivity index (χ4v) is 4.94. The highest BCUT2D eigenvalue weighted by molar-refractivity contribution is 7.98. The first-order chi connectivity index (χ1) is 12.6. The molecule has 0 atom stereocenters. The summed E-state index contributed by atoms with van der Waals surface area (Å²) in [4.78, 5) is 15.7. The van der Waals surface area contributed by atoms with Gasteiger partial charge in [0.1, 0.15) is 16.5 Å². The summed E-state index contributed by atoms with van der Waals surface area (Å²) < 4.78 is 5.52. The zero-order valence-electron chi connectivity index (χ0n) is 14.8. The summed E-state index contributed by atoms with van der Waals surface area (Å²) in [6.45, 7) is 7.59. The van der Waals surface area contributed by atoms with Crippen LogP contribution in [0, 0.1) is 13.8 Å². The molecule has 0 saturated carbocycles. The highest BCUT2D eigenvalue weighted by atomic mass is 35.5. The van der Waals surface area contributed by atoms with E-state index in [0.717, 1.165) is 53.6 Å². The molecule has 4 nitrogen and oxygen atoms in total. The van der Waals surface area contributed by atoms with Crippen LogP contribution < -0.4 is 4.90 Å². The summed E-state index contributed by atoms with van der Waals surface area (Å²) in [6.07, 6.45) is 0. The second-order valence-corrected chi connectivity index (χ2v) is 8.96. The van der Waals surface area contributed by atoms with E-state index in [9.17, 15) is 0 Å². The number of hydrogen-bond acceptors (Lipinski definition) is 6. The van der Waals surface area contributed by atoms with E-state index < -0.39 is 0 Å². The molecule has 0 N–H and O–H groups in total. The van der Waals surface area contributed by atoms with E-state index in [1.807, 2.05) is 24.3 Å². The Labute approximate surface area is 166 Å². The molecule has 1 aromatic carbocycles. The molecule has 26 heavy (non-hydrogen) atoms. The molecule has 3 aromatic rings. The number of aromatic nitrogens is 2. The van der Waals surface area contributed by atoms with Crippen molar-refractivity contribution in [3.63, 3.8) is 0 Å². The lowest BCUT2D eigenvalue weighted by Crippen LogP contribution is -2.37. The number of thiophene rings is 1. The number of thioether (sulfide) groups is 1. The number of benzene rings is 1. The van der Waals surface area contributed by atoms with Gasteiger partial charge in [0.2, 0.25) is 0 Å². The van der Waals surface area contributed by atoms with Crippen LogP contribution in [0.4, 0.5) is 5.82 Å². The predicted molar refractivity (Wildman–Crippen MR) is 111 cm³/mol. The zero-order chi connectivity index (χ0) is 18.1. The molecule has 3 heterocycles. The van der Waals surface area contributed by atoms with Gasteiger partial charge in [-0.05, 0) is 43.7 Å². The Morgan fingerprint density at radius 1 is 1.15 bits per heavy atom. The van der Waals surface area contributed by atoms with Gasteiger partial charge in [0.05, 0.1) is 24.4 Å². The Balaban J connectivity index is 1.67. The summed E-state index contributed by atoms with van der Waals surface area (Å²) in [5.74, 6) is 2.68. The fraction of sp³-hybridized carbons (Fsp3) is 0.368. The highest BCUT2D eigenvalue weighted by Crippen LogP contribution is 2.36. The van der Waals surface area contributed by atoms with E-state index >= 15 is 0 Å². The second kappa shape index (κ2) is 7.72. The third-order valence-corrected chi connectivity index (χ3v) is 6.91. The van der Waals surface area contributed by atoms with Crippen molar-refractivity contribution in [1.29, 1.82) is 0 Å². The Bertz CT molecular complexity index is 921. The molecule has 0 bridgehead atoms. The van der Waals surface area contributed by atoms with Gasteiger partial charge in [0, 0.05) is 27.9 Å². The largest absolute Gasteiger partial charge is 0.378 e. The van der Waals surface area contributed by atoms with Crippen LogP contribution in [0.5, 0.6) is 0 Å². The summed E-state index contributed by atoms with van der Waals surface area (Å²) in [6, 6.07) is 7.90. The second-order valence-electron chi connectivity index (χ2n) is 6.27. The number of hydrogen-bond donors (Lipinski definition) is 0. The number of rotatable bonds is 4. The lowest BCUT2D eigenvalue weighted by atomic mass is 10.2. The van der Waals surface area contributed by atoms with Crippen molar-refractivity contribution in [2.75, 3.05) is 31.2 Å². The van der Waals surface area contributed by atoms with Gasteiger partial charge in [-0.25, -0.2) is 9.97 Å². The number of ether oxygens (including phenoxy) is 1. The number of nitrogens with zero attached hydrogens (tertiary/aromatic N) is 3. The molecule has 1 fully saturated rings. The molecule has 0 aliphatic carbocycles. The fourth-order valence-electron chi connectivity index (χ4n) is 3.02. The minimum Gasteiger partial charge on any atom is -0.378 e. The van der Waals surface area contributed by atoms with E-state index in [2.05, 4.69) is 18.7 Å². The van der Waals surface area contributed by atoms with Crippen molar-refractivity contribution in [2.24, 2.45) is 0 Å². The lowest BCUT2D eigenvalue weighted by Gasteiger charge is -2.28. The van der Waals surface area contributed by atoms with Crippen LogP contribution in [0.1, 0.15) is 16.3 Å². The molecule has 2 aromatic heterocycles. The summed E-state index contributed by atoms with van der Waals surface area (Å²) in [5.41, 5.74) is 1.29. The van der Waals surface area contributed by atoms with Gasteiger partial charge in [-0.2, -0.15) is 0 Å². The summed E-state index contributed by atoms with van der Waals surface area (Å²) in [5, 5.41) is 1.96. The first-order valence-electron chi connectivity index (χ1n) is 8.59. The molecule has 0 spiro atoms. The van der Waals surface area contributed by atoms with Gasteiger partial charge in [0.15, 0.2) is 0 Å². The Morgan fingerprint density at radius 3 is 2.62 bits per heavy atom. The normalized spacial score (nSPS) is 15.0. The van der Waals surface area contributed by atoms with Crippen LogP contribution in [-0.2, 0) is 10.5 Å². The number of fused-ring (bicyclic) bond motifs is 1. The van der Waals surface area contributed by atoms with Crippen molar-refractivity contribution in [3.05, 3.63) is 45.6 Å². The standard InChI is InChI=1S/C19H20ClN3OS2/c1-12-13(2)26-19-17(12)18(23-7-9-24-10-8-23)21-16(22-19)11-25-15-5-3-14(20)4-6-15/h3-6H,7-11H2,1-2H3. The van der Waals surface area contributed by atoms with E-state index in [-0.39, 0.29) is 0 Å². The molecule has 4 rings (SSSR count). The maximum absolute atomic E-state index is 5.97. The van der Waals surface area contributed by atoms with Gasteiger partial charge in [-0.3, -0.25) is 0 Å². The Morgan fingerprint density at radius 2 is 1.88 bits per heavy atom. The smallest absolute Gasteiger partial charge is 0.142 e. The summed E-state index contributed by atoms with van der Waals surface area (Å²) >= 11 is 9.46. The number of morpholine rings is 1. The van der Waals surface area contributed by atoms with Crippen LogP contribution in [0.15, 0.2) is 29.2 Å². The van der Waals surface area contributed by atoms with Gasteiger partial charge in [0.25, 0.3) is 0 Å². The molecule has 0 amide bonds. The van der Waals surface area contributed by atoms with Crippen molar-refractivity contribution in [2.45, 2.75) is 24.5 Å². The quantitative estimate of drug-likeness (QED) is 0.565. The van der Waals surface area contributed by atoms with E-state index in [4.69, 9.17) is 26.3 Å². The zero-order valence-corrected chi connectivity index (χ0v) is 17.2. The molecule has 1 aliphatic rings. The monoisotopic (exact) mass is 405 g/mol. The molecule has 136 valence electrons. The van der Waals surface area contributed by atoms with Gasteiger partial charge in [-0.15, -0.1) is 23.1 Å². The lowest BCUT2D eigenvalue weighted by molar-refractivity contribution is 0.122. The number of aryl methyl sites for hydroxylation is 2. The number of anilines is 1. The first-order valence-corrected chi connectivity index (χ1v) is 10.8. The van der Waals surface area contributed by atoms with Crippen molar-refractivity contribution >= 4 is 50.7 Å². The third-order valence-electron chi connectivity index (χ3n) is 4.55. The summed E-state index contributed by atoms with van der Waals surface area (Å²) in [7, 11) is 0. The topological polar surface area (TPSA) is 38.2 Å². The van der Waals surface area contributed by atoms with Crippen molar-refractivity contribution in [1.82, 2.24) is 9.97 Å². The van der Waals surface area contributed by atoms with Gasteiger partial charge in [-0.1, -0.05) is 11.6 Å². The average molecular weight is 406 g/mol. The first kappa shape index (κ1) is 18.0. The predicted octanol–water partition coefficient (Wildman–Crippen LogP) is 5.09. The minimum atomic E-state index is 0.741. The van der Waals surface area contributed by atoms with Crippen LogP contribution >= 0.6 is 34.7 Å². The van der Waals surface area contributed by atoms with Crippen molar-refractivity contribution in [3.8, 4) is 0 Å². The third kappa shape index (κ3) is 3.69. The Hall–Kier alpha value is -1.34. The number of halogens is 1.